The first-order valence-electron chi connectivity index (χ1n) is 12.5. The Balaban J connectivity index is 1.44. The molecule has 10 nitrogen and oxygen atoms in total. The van der Waals surface area contributed by atoms with Gasteiger partial charge >= 0.3 is 12.1 Å². The zero-order valence-electron chi connectivity index (χ0n) is 20.8. The molecule has 2 atom stereocenters. The third-order valence-electron chi connectivity index (χ3n) is 7.23. The van der Waals surface area contributed by atoms with Crippen LogP contribution in [0.4, 0.5) is 4.79 Å². The van der Waals surface area contributed by atoms with Crippen molar-refractivity contribution in [2.45, 2.75) is 83.5 Å². The molecule has 2 aliphatic carbocycles. The van der Waals surface area contributed by atoms with E-state index in [1.54, 1.807) is 23.7 Å². The number of hydrogen-bond donors (Lipinski definition) is 1. The molecule has 1 N–H and O–H groups in total. The number of carboxylic acid groups (broad SMARTS) is 1. The van der Waals surface area contributed by atoms with Crippen LogP contribution in [0.15, 0.2) is 12.1 Å². The van der Waals surface area contributed by atoms with Crippen molar-refractivity contribution in [3.05, 3.63) is 23.5 Å². The van der Waals surface area contributed by atoms with E-state index in [1.807, 2.05) is 19.1 Å². The Labute approximate surface area is 205 Å². The van der Waals surface area contributed by atoms with E-state index in [4.69, 9.17) is 9.47 Å². The number of nitrogens with zero attached hydrogens (tertiary/aromatic N) is 5. The van der Waals surface area contributed by atoms with E-state index >= 15 is 0 Å². The molecule has 2 aliphatic rings. The Kier molecular flexibility index (Phi) is 7.87. The van der Waals surface area contributed by atoms with Gasteiger partial charge in [-0.1, -0.05) is 24.5 Å². The maximum Gasteiger partial charge on any atom is 0.410 e. The van der Waals surface area contributed by atoms with Crippen molar-refractivity contribution in [3.63, 3.8) is 0 Å². The van der Waals surface area contributed by atoms with Crippen LogP contribution in [-0.2, 0) is 23.2 Å². The molecule has 1 amide bonds. The average Bonchev–Trinajstić information content (AvgIpc) is 3.43. The molecule has 2 fully saturated rings. The second-order valence-electron chi connectivity index (χ2n) is 9.69. The molecular formula is C25H35N5O5. The molecule has 2 unspecified atom stereocenters. The normalized spacial score (nSPS) is 20.9. The average molecular weight is 486 g/mol. The van der Waals surface area contributed by atoms with Crippen molar-refractivity contribution in [3.8, 4) is 17.1 Å². The highest BCUT2D eigenvalue weighted by Crippen LogP contribution is 2.30. The molecule has 0 saturated heterocycles. The highest BCUT2D eigenvalue weighted by atomic mass is 16.6. The van der Waals surface area contributed by atoms with Gasteiger partial charge in [0.15, 0.2) is 0 Å². The Hall–Kier alpha value is -3.17. The fraction of sp³-hybridized carbons (Fsp3) is 0.640. The third kappa shape index (κ3) is 5.91. The Morgan fingerprint density at radius 3 is 2.57 bits per heavy atom. The SMILES string of the molecule is Cc1nc(-c2nnn(C)c2COC(=O)N(C)C2CCCC2)ccc1OC1CCCCC(C(=O)O)C1. The second kappa shape index (κ2) is 11.0. The van der Waals surface area contributed by atoms with Crippen LogP contribution in [-0.4, -0.2) is 61.2 Å². The van der Waals surface area contributed by atoms with Gasteiger partial charge in [-0.2, -0.15) is 0 Å². The molecule has 0 spiro atoms. The first kappa shape index (κ1) is 24.9. The zero-order valence-corrected chi connectivity index (χ0v) is 20.8. The van der Waals surface area contributed by atoms with Crippen molar-refractivity contribution in [1.29, 1.82) is 0 Å². The first-order chi connectivity index (χ1) is 16.8. The highest BCUT2D eigenvalue weighted by molar-refractivity contribution is 5.70. The molecule has 10 heteroatoms. The smallest absolute Gasteiger partial charge is 0.410 e. The van der Waals surface area contributed by atoms with E-state index in [9.17, 15) is 14.7 Å². The summed E-state index contributed by atoms with van der Waals surface area (Å²) in [6, 6.07) is 3.90. The molecule has 2 heterocycles. The topological polar surface area (TPSA) is 120 Å². The van der Waals surface area contributed by atoms with Crippen LogP contribution in [0.25, 0.3) is 11.4 Å². The minimum absolute atomic E-state index is 0.0480. The van der Waals surface area contributed by atoms with Crippen molar-refractivity contribution in [2.75, 3.05) is 7.05 Å². The summed E-state index contributed by atoms with van der Waals surface area (Å²) in [5, 5.41) is 17.8. The molecule has 190 valence electrons. The van der Waals surface area contributed by atoms with Crippen LogP contribution in [0.3, 0.4) is 0 Å². The Morgan fingerprint density at radius 1 is 1.14 bits per heavy atom. The lowest BCUT2D eigenvalue weighted by Crippen LogP contribution is -2.35. The number of aromatic nitrogens is 4. The molecule has 4 rings (SSSR count). The predicted molar refractivity (Wildman–Crippen MR) is 128 cm³/mol. The Bertz CT molecular complexity index is 1050. The first-order valence-corrected chi connectivity index (χ1v) is 12.5. The lowest BCUT2D eigenvalue weighted by molar-refractivity contribution is -0.142. The third-order valence-corrected chi connectivity index (χ3v) is 7.23. The van der Waals surface area contributed by atoms with Gasteiger partial charge < -0.3 is 19.5 Å². The molecule has 35 heavy (non-hydrogen) atoms. The molecule has 2 aromatic rings. The van der Waals surface area contributed by atoms with Crippen LogP contribution in [0, 0.1) is 12.8 Å². The van der Waals surface area contributed by atoms with Gasteiger partial charge in [0.05, 0.1) is 23.4 Å². The van der Waals surface area contributed by atoms with Gasteiger partial charge in [0.2, 0.25) is 0 Å². The second-order valence-corrected chi connectivity index (χ2v) is 9.69. The number of carboxylic acids is 1. The monoisotopic (exact) mass is 485 g/mol. The molecule has 0 bridgehead atoms. The molecule has 2 aromatic heterocycles. The number of pyridine rings is 1. The quantitative estimate of drug-likeness (QED) is 0.582. The summed E-state index contributed by atoms with van der Waals surface area (Å²) in [4.78, 5) is 30.4. The molecule has 0 radical (unpaired) electrons. The van der Waals surface area contributed by atoms with Gasteiger partial charge in [0, 0.05) is 20.1 Å². The number of ether oxygens (including phenoxy) is 2. The Morgan fingerprint density at radius 2 is 1.86 bits per heavy atom. The maximum absolute atomic E-state index is 12.5. The van der Waals surface area contributed by atoms with E-state index in [2.05, 4.69) is 15.3 Å². The van der Waals surface area contributed by atoms with Crippen LogP contribution in [0.2, 0.25) is 0 Å². The summed E-state index contributed by atoms with van der Waals surface area (Å²) >= 11 is 0. The number of carbonyl (C=O) groups is 2. The number of amides is 1. The van der Waals surface area contributed by atoms with Crippen molar-refractivity contribution in [2.24, 2.45) is 13.0 Å². The molecule has 0 aliphatic heterocycles. The van der Waals surface area contributed by atoms with Crippen LogP contribution >= 0.6 is 0 Å². The number of rotatable bonds is 7. The standard InChI is InChI=1S/C25H35N5O5/c1-16-22(35-19-11-7-4-8-17(14-19)24(31)32)13-12-20(26-16)23-21(30(3)28-27-23)15-34-25(33)29(2)18-9-5-6-10-18/h12-13,17-19H,4-11,14-15H2,1-3H3,(H,31,32). The number of hydrogen-bond acceptors (Lipinski definition) is 7. The minimum atomic E-state index is -0.754. The molecule has 0 aromatic carbocycles. The minimum Gasteiger partial charge on any atom is -0.489 e. The van der Waals surface area contributed by atoms with Crippen molar-refractivity contribution < 1.29 is 24.2 Å². The van der Waals surface area contributed by atoms with Gasteiger partial charge in [-0.25, -0.2) is 14.5 Å². The molecule has 2 saturated carbocycles. The van der Waals surface area contributed by atoms with Crippen molar-refractivity contribution in [1.82, 2.24) is 24.9 Å². The summed E-state index contributed by atoms with van der Waals surface area (Å²) in [5.41, 5.74) is 2.52. The highest BCUT2D eigenvalue weighted by Gasteiger charge is 2.28. The van der Waals surface area contributed by atoms with Gasteiger partial charge in [-0.3, -0.25) is 4.79 Å². The van der Waals surface area contributed by atoms with Gasteiger partial charge in [0.1, 0.15) is 23.7 Å². The van der Waals surface area contributed by atoms with Crippen molar-refractivity contribution >= 4 is 12.1 Å². The number of carbonyl (C=O) groups excluding carboxylic acids is 1. The summed E-state index contributed by atoms with van der Waals surface area (Å²) in [6.45, 7) is 1.91. The number of aliphatic carboxylic acids is 1. The summed E-state index contributed by atoms with van der Waals surface area (Å²) in [6.07, 6.45) is 7.72. The van der Waals surface area contributed by atoms with Gasteiger partial charge in [-0.05, 0) is 57.6 Å². The lowest BCUT2D eigenvalue weighted by atomic mass is 9.99. The fourth-order valence-electron chi connectivity index (χ4n) is 5.04. The van der Waals surface area contributed by atoms with Gasteiger partial charge in [0.25, 0.3) is 0 Å². The maximum atomic E-state index is 12.5. The van der Waals surface area contributed by atoms with Crippen LogP contribution < -0.4 is 4.74 Å². The van der Waals surface area contributed by atoms with E-state index in [-0.39, 0.29) is 30.8 Å². The van der Waals surface area contributed by atoms with E-state index in [0.717, 1.165) is 44.9 Å². The largest absolute Gasteiger partial charge is 0.489 e. The van der Waals surface area contributed by atoms with Crippen LogP contribution in [0.5, 0.6) is 5.75 Å². The van der Waals surface area contributed by atoms with E-state index < -0.39 is 5.97 Å². The fourth-order valence-corrected chi connectivity index (χ4v) is 5.04. The van der Waals surface area contributed by atoms with Gasteiger partial charge in [-0.15, -0.1) is 5.10 Å². The summed E-state index contributed by atoms with van der Waals surface area (Å²) in [5.74, 6) is -0.483. The van der Waals surface area contributed by atoms with Crippen LogP contribution in [0.1, 0.15) is 69.2 Å². The summed E-state index contributed by atoms with van der Waals surface area (Å²) in [7, 11) is 3.55. The van der Waals surface area contributed by atoms with E-state index in [1.165, 1.54) is 0 Å². The predicted octanol–water partition coefficient (Wildman–Crippen LogP) is 4.11. The molecular weight excluding hydrogens is 450 g/mol. The lowest BCUT2D eigenvalue weighted by Gasteiger charge is -2.23. The van der Waals surface area contributed by atoms with E-state index in [0.29, 0.717) is 41.4 Å². The number of aryl methyl sites for hydroxylation is 2. The zero-order chi connectivity index (χ0) is 24.9. The summed E-state index contributed by atoms with van der Waals surface area (Å²) < 4.78 is 13.4.